The first-order valence-corrected chi connectivity index (χ1v) is 11.9. The summed E-state index contributed by atoms with van der Waals surface area (Å²) in [5.74, 6) is -11.0. The number of benzene rings is 1. The van der Waals surface area contributed by atoms with Crippen LogP contribution < -0.4 is 0 Å². The fourth-order valence-corrected chi connectivity index (χ4v) is 7.46. The molecule has 188 valence electrons. The van der Waals surface area contributed by atoms with Gasteiger partial charge in [-0.05, 0) is 36.8 Å². The minimum absolute atomic E-state index is 0.0735. The first-order valence-electron chi connectivity index (χ1n) is 11.9. The van der Waals surface area contributed by atoms with Gasteiger partial charge < -0.3 is 15.3 Å². The SMILES string of the molecule is CC(=O)C1C(=O)C(C(C)C)[C@@]2(C)[C@H](O)[C@]3(C)C(C(=O)c4c(ccc(C)c4O)[C@H]3C)C(=O)[C@@]2(O)C1=O. The van der Waals surface area contributed by atoms with E-state index in [4.69, 9.17) is 0 Å². The molecule has 35 heavy (non-hydrogen) atoms. The zero-order valence-corrected chi connectivity index (χ0v) is 21.0. The van der Waals surface area contributed by atoms with Gasteiger partial charge in [0, 0.05) is 16.7 Å². The number of fused-ring (bicyclic) bond motifs is 3. The number of hydrogen-bond donors (Lipinski definition) is 3. The van der Waals surface area contributed by atoms with Crippen molar-refractivity contribution in [2.24, 2.45) is 34.5 Å². The van der Waals surface area contributed by atoms with E-state index >= 15 is 0 Å². The predicted molar refractivity (Wildman–Crippen MR) is 124 cm³/mol. The van der Waals surface area contributed by atoms with Crippen LogP contribution in [-0.2, 0) is 19.2 Å². The van der Waals surface area contributed by atoms with Gasteiger partial charge in [-0.15, -0.1) is 0 Å². The molecule has 0 aromatic heterocycles. The van der Waals surface area contributed by atoms with Gasteiger partial charge in [-0.3, -0.25) is 24.0 Å². The number of aryl methyl sites for hydroxylation is 1. The van der Waals surface area contributed by atoms with Crippen molar-refractivity contribution in [3.63, 3.8) is 0 Å². The van der Waals surface area contributed by atoms with E-state index < -0.39 is 81.0 Å². The Labute approximate surface area is 203 Å². The Balaban J connectivity index is 2.08. The van der Waals surface area contributed by atoms with E-state index in [1.807, 2.05) is 0 Å². The Morgan fingerprint density at radius 3 is 2.14 bits per heavy atom. The maximum atomic E-state index is 14.2. The zero-order chi connectivity index (χ0) is 26.6. The summed E-state index contributed by atoms with van der Waals surface area (Å²) >= 11 is 0. The number of carbonyl (C=O) groups excluding carboxylic acids is 5. The van der Waals surface area contributed by atoms with Crippen molar-refractivity contribution in [2.75, 3.05) is 0 Å². The number of phenols is 1. The quantitative estimate of drug-likeness (QED) is 0.540. The van der Waals surface area contributed by atoms with Crippen LogP contribution in [0.5, 0.6) is 5.75 Å². The first kappa shape index (κ1) is 25.4. The molecule has 3 aliphatic rings. The molecule has 0 amide bonds. The molecule has 1 aromatic rings. The summed E-state index contributed by atoms with van der Waals surface area (Å²) in [5, 5.41) is 34.7. The monoisotopic (exact) mass is 484 g/mol. The van der Waals surface area contributed by atoms with Crippen LogP contribution in [0.3, 0.4) is 0 Å². The van der Waals surface area contributed by atoms with E-state index in [1.165, 1.54) is 6.92 Å². The minimum atomic E-state index is -2.94. The molecular weight excluding hydrogens is 452 g/mol. The molecule has 2 fully saturated rings. The highest BCUT2D eigenvalue weighted by Gasteiger charge is 2.80. The molecule has 0 bridgehead atoms. The van der Waals surface area contributed by atoms with E-state index in [0.29, 0.717) is 11.1 Å². The molecule has 3 unspecified atom stereocenters. The van der Waals surface area contributed by atoms with Crippen LogP contribution in [0.25, 0.3) is 0 Å². The van der Waals surface area contributed by atoms with E-state index in [2.05, 4.69) is 0 Å². The highest BCUT2D eigenvalue weighted by atomic mass is 16.3. The lowest BCUT2D eigenvalue weighted by molar-refractivity contribution is -0.240. The fourth-order valence-electron chi connectivity index (χ4n) is 7.46. The molecule has 8 atom stereocenters. The van der Waals surface area contributed by atoms with Gasteiger partial charge >= 0.3 is 0 Å². The zero-order valence-electron chi connectivity index (χ0n) is 21.0. The summed E-state index contributed by atoms with van der Waals surface area (Å²) in [5.41, 5.74) is -5.65. The Hall–Kier alpha value is -2.71. The highest BCUT2D eigenvalue weighted by Crippen LogP contribution is 2.66. The summed E-state index contributed by atoms with van der Waals surface area (Å²) in [6, 6.07) is 3.30. The standard InChI is InChI=1S/C27H32O8/c1-10(2)17-20(30)15(13(5)28)22(32)27(35)23(33)18-21(31)16-14(9-8-11(3)19(16)29)12(4)25(18,6)24(34)26(17,27)7/h8-10,12,15,17-18,24,29,34-35H,1-7H3/t12-,15?,17?,18?,24-,25+,26+,27+/m1/s1. The van der Waals surface area contributed by atoms with Gasteiger partial charge in [0.1, 0.15) is 17.5 Å². The van der Waals surface area contributed by atoms with Gasteiger partial charge in [0.15, 0.2) is 28.7 Å². The van der Waals surface area contributed by atoms with Crippen LogP contribution in [0, 0.1) is 41.4 Å². The lowest BCUT2D eigenvalue weighted by atomic mass is 9.37. The molecule has 0 heterocycles. The number of carbonyl (C=O) groups is 5. The number of phenolic OH excluding ortho intramolecular Hbond substituents is 1. The molecule has 2 saturated carbocycles. The van der Waals surface area contributed by atoms with E-state index in [-0.39, 0.29) is 11.3 Å². The second-order valence-corrected chi connectivity index (χ2v) is 11.4. The smallest absolute Gasteiger partial charge is 0.191 e. The van der Waals surface area contributed by atoms with Gasteiger partial charge in [0.2, 0.25) is 0 Å². The first-order chi connectivity index (χ1) is 16.0. The van der Waals surface area contributed by atoms with Crippen molar-refractivity contribution in [3.8, 4) is 5.75 Å². The molecule has 0 spiro atoms. The third-order valence-corrected chi connectivity index (χ3v) is 9.43. The van der Waals surface area contributed by atoms with Crippen LogP contribution in [-0.4, -0.2) is 55.9 Å². The van der Waals surface area contributed by atoms with Crippen molar-refractivity contribution in [3.05, 3.63) is 28.8 Å². The molecule has 4 rings (SSSR count). The average Bonchev–Trinajstić information content (AvgIpc) is 2.75. The Morgan fingerprint density at radius 2 is 1.63 bits per heavy atom. The van der Waals surface area contributed by atoms with Crippen LogP contribution in [0.15, 0.2) is 12.1 Å². The Morgan fingerprint density at radius 1 is 1.06 bits per heavy atom. The number of Topliss-reactive ketones (excluding diaryl/α,β-unsaturated/α-hetero) is 5. The molecule has 3 aliphatic carbocycles. The van der Waals surface area contributed by atoms with Crippen LogP contribution in [0.4, 0.5) is 0 Å². The highest BCUT2D eigenvalue weighted by molar-refractivity contribution is 6.32. The maximum Gasteiger partial charge on any atom is 0.191 e. The van der Waals surface area contributed by atoms with Crippen molar-refractivity contribution >= 4 is 28.9 Å². The number of aromatic hydroxyl groups is 1. The van der Waals surface area contributed by atoms with Gasteiger partial charge in [-0.1, -0.05) is 46.8 Å². The van der Waals surface area contributed by atoms with Crippen molar-refractivity contribution in [2.45, 2.75) is 66.1 Å². The lowest BCUT2D eigenvalue weighted by Crippen LogP contribution is -2.81. The van der Waals surface area contributed by atoms with Crippen molar-refractivity contribution in [1.82, 2.24) is 0 Å². The van der Waals surface area contributed by atoms with Gasteiger partial charge in [-0.2, -0.15) is 0 Å². The Kier molecular flexibility index (Phi) is 5.37. The second kappa shape index (κ2) is 7.40. The van der Waals surface area contributed by atoms with E-state index in [9.17, 15) is 39.3 Å². The average molecular weight is 485 g/mol. The number of aliphatic hydroxyl groups excluding tert-OH is 1. The molecule has 3 N–H and O–H groups in total. The van der Waals surface area contributed by atoms with E-state index in [1.54, 1.807) is 46.8 Å². The summed E-state index contributed by atoms with van der Waals surface area (Å²) < 4.78 is 0. The van der Waals surface area contributed by atoms with E-state index in [0.717, 1.165) is 6.92 Å². The number of aliphatic hydroxyl groups is 2. The topological polar surface area (TPSA) is 146 Å². The summed E-state index contributed by atoms with van der Waals surface area (Å²) in [6.45, 7) is 10.6. The second-order valence-electron chi connectivity index (χ2n) is 11.4. The summed E-state index contributed by atoms with van der Waals surface area (Å²) in [4.78, 5) is 67.5. The molecule has 0 saturated heterocycles. The summed E-state index contributed by atoms with van der Waals surface area (Å²) in [6.07, 6.45) is -1.65. The third kappa shape index (κ3) is 2.62. The molecule has 0 aliphatic heterocycles. The largest absolute Gasteiger partial charge is 0.507 e. The molecular formula is C27H32O8. The van der Waals surface area contributed by atoms with Crippen molar-refractivity contribution < 1.29 is 39.3 Å². The van der Waals surface area contributed by atoms with Gasteiger partial charge in [-0.25, -0.2) is 0 Å². The predicted octanol–water partition coefficient (Wildman–Crippen LogP) is 1.93. The fraction of sp³-hybridized carbons (Fsp3) is 0.593. The van der Waals surface area contributed by atoms with Gasteiger partial charge in [0.25, 0.3) is 0 Å². The number of hydrogen-bond acceptors (Lipinski definition) is 8. The maximum absolute atomic E-state index is 14.2. The number of rotatable bonds is 2. The van der Waals surface area contributed by atoms with Crippen LogP contribution >= 0.6 is 0 Å². The summed E-state index contributed by atoms with van der Waals surface area (Å²) in [7, 11) is 0. The van der Waals surface area contributed by atoms with Crippen LogP contribution in [0.1, 0.15) is 68.9 Å². The minimum Gasteiger partial charge on any atom is -0.507 e. The van der Waals surface area contributed by atoms with Gasteiger partial charge in [0.05, 0.1) is 17.6 Å². The van der Waals surface area contributed by atoms with Crippen molar-refractivity contribution in [1.29, 1.82) is 0 Å². The molecule has 8 heteroatoms. The van der Waals surface area contributed by atoms with Crippen LogP contribution in [0.2, 0.25) is 0 Å². The third-order valence-electron chi connectivity index (χ3n) is 9.43. The Bertz CT molecular complexity index is 1210. The molecule has 0 radical (unpaired) electrons. The normalized spacial score (nSPS) is 40.9. The number of ketones is 5. The molecule has 8 nitrogen and oxygen atoms in total. The lowest BCUT2D eigenvalue weighted by Gasteiger charge is -2.65. The molecule has 1 aromatic carbocycles.